The van der Waals surface area contributed by atoms with E-state index in [2.05, 4.69) is 0 Å². The van der Waals surface area contributed by atoms with Gasteiger partial charge in [-0.3, -0.25) is 9.59 Å². The topological polar surface area (TPSA) is 66.8 Å². The molecule has 1 aromatic carbocycles. The lowest BCUT2D eigenvalue weighted by Crippen LogP contribution is -2.53. The lowest BCUT2D eigenvalue weighted by atomic mass is 9.87. The van der Waals surface area contributed by atoms with Crippen molar-refractivity contribution in [2.45, 2.75) is 13.3 Å². The normalized spacial score (nSPS) is 16.4. The maximum absolute atomic E-state index is 12.0. The van der Waals surface area contributed by atoms with Gasteiger partial charge in [0.2, 0.25) is 5.91 Å². The Labute approximate surface area is 118 Å². The van der Waals surface area contributed by atoms with Crippen LogP contribution in [0.4, 0.5) is 0 Å². The number of amides is 1. The summed E-state index contributed by atoms with van der Waals surface area (Å²) in [7, 11) is 1.60. The number of ether oxygens (including phenoxy) is 1. The molecule has 20 heavy (non-hydrogen) atoms. The van der Waals surface area contributed by atoms with Crippen LogP contribution in [0.1, 0.15) is 12.5 Å². The van der Waals surface area contributed by atoms with Crippen molar-refractivity contribution >= 4 is 11.9 Å². The number of carboxylic acid groups (broad SMARTS) is 1. The highest BCUT2D eigenvalue weighted by molar-refractivity contribution is 5.80. The largest absolute Gasteiger partial charge is 0.497 e. The highest BCUT2D eigenvalue weighted by Gasteiger charge is 2.36. The van der Waals surface area contributed by atoms with Crippen LogP contribution >= 0.6 is 0 Å². The Morgan fingerprint density at radius 3 is 2.45 bits per heavy atom. The summed E-state index contributed by atoms with van der Waals surface area (Å²) in [6, 6.07) is 7.39. The van der Waals surface area contributed by atoms with E-state index in [1.807, 2.05) is 24.3 Å². The van der Waals surface area contributed by atoms with E-state index in [1.54, 1.807) is 18.9 Å². The van der Waals surface area contributed by atoms with Gasteiger partial charge in [0.05, 0.1) is 19.4 Å². The maximum Gasteiger partial charge on any atom is 0.306 e. The van der Waals surface area contributed by atoms with Gasteiger partial charge in [0.1, 0.15) is 5.75 Å². The van der Waals surface area contributed by atoms with Crippen LogP contribution in [0.15, 0.2) is 24.3 Å². The number of rotatable bonds is 5. The molecule has 0 aliphatic carbocycles. The molecule has 1 saturated heterocycles. The zero-order chi connectivity index (χ0) is 14.7. The number of aliphatic carboxylic acids is 1. The minimum Gasteiger partial charge on any atom is -0.497 e. The van der Waals surface area contributed by atoms with Gasteiger partial charge in [-0.2, -0.15) is 0 Å². The third-order valence-corrected chi connectivity index (χ3v) is 3.87. The number of hydrogen-bond donors (Lipinski definition) is 1. The van der Waals surface area contributed by atoms with Crippen molar-refractivity contribution in [3.63, 3.8) is 0 Å². The van der Waals surface area contributed by atoms with E-state index < -0.39 is 5.97 Å². The number of benzene rings is 1. The Hall–Kier alpha value is -2.04. The van der Waals surface area contributed by atoms with Crippen LogP contribution in [-0.2, 0) is 16.0 Å². The summed E-state index contributed by atoms with van der Waals surface area (Å²) in [5.41, 5.74) is 0.936. The molecule has 1 amide bonds. The summed E-state index contributed by atoms with van der Waals surface area (Å²) in [4.78, 5) is 24.6. The van der Waals surface area contributed by atoms with Gasteiger partial charge in [-0.1, -0.05) is 19.1 Å². The average molecular weight is 277 g/mol. The Balaban J connectivity index is 1.83. The molecule has 1 aliphatic heterocycles. The second kappa shape index (κ2) is 5.94. The molecule has 0 bridgehead atoms. The molecule has 5 heteroatoms. The molecule has 0 spiro atoms. The van der Waals surface area contributed by atoms with Crippen LogP contribution < -0.4 is 4.74 Å². The third kappa shape index (κ3) is 3.10. The maximum atomic E-state index is 12.0. The highest BCUT2D eigenvalue weighted by atomic mass is 16.5. The quantitative estimate of drug-likeness (QED) is 0.884. The van der Waals surface area contributed by atoms with Crippen molar-refractivity contribution in [3.05, 3.63) is 29.8 Å². The molecule has 1 unspecified atom stereocenters. The number of hydrogen-bond acceptors (Lipinski definition) is 3. The number of nitrogens with zero attached hydrogens (tertiary/aromatic N) is 1. The van der Waals surface area contributed by atoms with E-state index in [9.17, 15) is 9.59 Å². The second-order valence-corrected chi connectivity index (χ2v) is 5.21. The minimum atomic E-state index is -0.794. The SMILES string of the molecule is COc1ccc(CC(=O)N2CC(C(C)C(=O)O)C2)cc1. The minimum absolute atomic E-state index is 0.0454. The van der Waals surface area contributed by atoms with E-state index in [1.165, 1.54) is 0 Å². The van der Waals surface area contributed by atoms with Gasteiger partial charge < -0.3 is 14.7 Å². The highest BCUT2D eigenvalue weighted by Crippen LogP contribution is 2.25. The molecule has 108 valence electrons. The molecular formula is C15H19NO4. The average Bonchev–Trinajstić information content (AvgIpc) is 2.37. The fourth-order valence-corrected chi connectivity index (χ4v) is 2.26. The number of likely N-dealkylation sites (tertiary alicyclic amines) is 1. The van der Waals surface area contributed by atoms with Crippen LogP contribution in [0.2, 0.25) is 0 Å². The van der Waals surface area contributed by atoms with Crippen LogP contribution in [0.5, 0.6) is 5.75 Å². The number of carboxylic acids is 1. The molecule has 1 aliphatic rings. The fourth-order valence-electron chi connectivity index (χ4n) is 2.26. The molecule has 1 atom stereocenters. The van der Waals surface area contributed by atoms with Crippen molar-refractivity contribution in [2.24, 2.45) is 11.8 Å². The summed E-state index contributed by atoms with van der Waals surface area (Å²) in [5.74, 6) is -0.297. The van der Waals surface area contributed by atoms with Gasteiger partial charge in [0, 0.05) is 19.0 Å². The van der Waals surface area contributed by atoms with Gasteiger partial charge in [-0.05, 0) is 17.7 Å². The van der Waals surface area contributed by atoms with Crippen LogP contribution in [0.25, 0.3) is 0 Å². The van der Waals surface area contributed by atoms with Crippen molar-refractivity contribution in [3.8, 4) is 5.75 Å². The predicted molar refractivity (Wildman–Crippen MR) is 73.6 cm³/mol. The predicted octanol–water partition coefficient (Wildman–Crippen LogP) is 1.42. The molecular weight excluding hydrogens is 258 g/mol. The molecule has 1 aromatic rings. The smallest absolute Gasteiger partial charge is 0.306 e. The molecule has 0 aromatic heterocycles. The van der Waals surface area contributed by atoms with Crippen molar-refractivity contribution in [2.75, 3.05) is 20.2 Å². The Morgan fingerprint density at radius 1 is 1.35 bits per heavy atom. The molecule has 1 N–H and O–H groups in total. The number of methoxy groups -OCH3 is 1. The zero-order valence-corrected chi connectivity index (χ0v) is 11.7. The van der Waals surface area contributed by atoms with Gasteiger partial charge >= 0.3 is 5.97 Å². The Bertz CT molecular complexity index is 491. The van der Waals surface area contributed by atoms with E-state index in [-0.39, 0.29) is 17.7 Å². The van der Waals surface area contributed by atoms with Gasteiger partial charge in [-0.25, -0.2) is 0 Å². The number of carbonyl (C=O) groups is 2. The van der Waals surface area contributed by atoms with Gasteiger partial charge in [0.15, 0.2) is 0 Å². The second-order valence-electron chi connectivity index (χ2n) is 5.21. The lowest BCUT2D eigenvalue weighted by Gasteiger charge is -2.41. The summed E-state index contributed by atoms with van der Waals surface area (Å²) in [5, 5.41) is 8.91. The van der Waals surface area contributed by atoms with Crippen LogP contribution in [0, 0.1) is 11.8 Å². The summed E-state index contributed by atoms with van der Waals surface area (Å²) in [6.07, 6.45) is 0.345. The van der Waals surface area contributed by atoms with E-state index in [0.717, 1.165) is 11.3 Å². The first-order chi connectivity index (χ1) is 9.51. The van der Waals surface area contributed by atoms with Crippen LogP contribution in [0.3, 0.4) is 0 Å². The third-order valence-electron chi connectivity index (χ3n) is 3.87. The van der Waals surface area contributed by atoms with E-state index >= 15 is 0 Å². The van der Waals surface area contributed by atoms with E-state index in [0.29, 0.717) is 19.5 Å². The molecule has 0 radical (unpaired) electrons. The Kier molecular flexibility index (Phi) is 4.27. The first kappa shape index (κ1) is 14.4. The lowest BCUT2D eigenvalue weighted by molar-refractivity contribution is -0.150. The first-order valence-electron chi connectivity index (χ1n) is 6.64. The molecule has 2 rings (SSSR count). The zero-order valence-electron chi connectivity index (χ0n) is 11.7. The van der Waals surface area contributed by atoms with E-state index in [4.69, 9.17) is 9.84 Å². The summed E-state index contributed by atoms with van der Waals surface area (Å²) in [6.45, 7) is 2.78. The van der Waals surface area contributed by atoms with Crippen LogP contribution in [-0.4, -0.2) is 42.1 Å². The molecule has 1 heterocycles. The number of carbonyl (C=O) groups excluding carboxylic acids is 1. The fraction of sp³-hybridized carbons (Fsp3) is 0.467. The monoisotopic (exact) mass is 277 g/mol. The molecule has 5 nitrogen and oxygen atoms in total. The van der Waals surface area contributed by atoms with Crippen molar-refractivity contribution in [1.29, 1.82) is 0 Å². The van der Waals surface area contributed by atoms with Crippen molar-refractivity contribution in [1.82, 2.24) is 4.90 Å². The summed E-state index contributed by atoms with van der Waals surface area (Å²) < 4.78 is 5.07. The molecule has 1 fully saturated rings. The van der Waals surface area contributed by atoms with Crippen molar-refractivity contribution < 1.29 is 19.4 Å². The van der Waals surface area contributed by atoms with Gasteiger partial charge in [0.25, 0.3) is 0 Å². The van der Waals surface area contributed by atoms with Gasteiger partial charge in [-0.15, -0.1) is 0 Å². The molecule has 0 saturated carbocycles. The first-order valence-corrected chi connectivity index (χ1v) is 6.64. The Morgan fingerprint density at radius 2 is 1.95 bits per heavy atom. The summed E-state index contributed by atoms with van der Waals surface area (Å²) >= 11 is 0. The standard InChI is InChI=1S/C15H19NO4/c1-10(15(18)19)12-8-16(9-12)14(17)7-11-3-5-13(20-2)6-4-11/h3-6,10,12H,7-9H2,1-2H3,(H,18,19).